The number of ether oxygens (including phenoxy) is 1. The predicted molar refractivity (Wildman–Crippen MR) is 74.4 cm³/mol. The molecule has 0 atom stereocenters. The van der Waals surface area contributed by atoms with Gasteiger partial charge >= 0.3 is 0 Å². The monoisotopic (exact) mass is 294 g/mol. The van der Waals surface area contributed by atoms with Crippen LogP contribution in [0, 0.1) is 0 Å². The van der Waals surface area contributed by atoms with Crippen molar-refractivity contribution in [2.24, 2.45) is 0 Å². The zero-order valence-electron chi connectivity index (χ0n) is 9.40. The van der Waals surface area contributed by atoms with Gasteiger partial charge in [0.25, 0.3) is 0 Å². The summed E-state index contributed by atoms with van der Waals surface area (Å²) in [6.45, 7) is 0.534. The van der Waals surface area contributed by atoms with E-state index in [1.807, 2.05) is 48.5 Å². The maximum atomic E-state index is 5.83. The first-order chi connectivity index (χ1) is 7.75. The van der Waals surface area contributed by atoms with E-state index in [0.717, 1.165) is 10.0 Å². The molecule has 0 heterocycles. The zero-order chi connectivity index (χ0) is 11.4. The van der Waals surface area contributed by atoms with E-state index in [0.29, 0.717) is 18.0 Å². The Hall–Kier alpha value is -1.52. The molecular formula is C13H15BrN2O. The van der Waals surface area contributed by atoms with Crippen LogP contribution in [0.5, 0.6) is 5.75 Å². The molecular weight excluding hydrogens is 280 g/mol. The molecule has 0 unspecified atom stereocenters. The number of nitrogen functional groups attached to an aromatic ring is 1. The van der Waals surface area contributed by atoms with Gasteiger partial charge in [0.2, 0.25) is 0 Å². The van der Waals surface area contributed by atoms with Crippen molar-refractivity contribution in [3.05, 3.63) is 58.6 Å². The van der Waals surface area contributed by atoms with Gasteiger partial charge in [0.1, 0.15) is 12.4 Å². The van der Waals surface area contributed by atoms with Crippen LogP contribution in [0.4, 0.5) is 5.69 Å². The zero-order valence-corrected chi connectivity index (χ0v) is 11.0. The first kappa shape index (κ1) is 13.5. The Morgan fingerprint density at radius 3 is 2.41 bits per heavy atom. The molecule has 0 fully saturated rings. The van der Waals surface area contributed by atoms with Gasteiger partial charge in [-0.1, -0.05) is 46.3 Å². The molecule has 0 aliphatic rings. The second-order valence-electron chi connectivity index (χ2n) is 3.46. The van der Waals surface area contributed by atoms with Gasteiger partial charge in [0, 0.05) is 4.47 Å². The van der Waals surface area contributed by atoms with E-state index >= 15 is 0 Å². The Morgan fingerprint density at radius 1 is 1.06 bits per heavy atom. The minimum atomic E-state index is 0. The van der Waals surface area contributed by atoms with E-state index in [2.05, 4.69) is 15.9 Å². The average molecular weight is 295 g/mol. The van der Waals surface area contributed by atoms with E-state index < -0.39 is 0 Å². The molecule has 5 N–H and O–H groups in total. The molecule has 4 heteroatoms. The standard InChI is InChI=1S/C13H12BrNO.H3N/c14-11-6-7-13(12(15)8-11)16-9-10-4-2-1-3-5-10;/h1-8H,9,15H2;1H3. The van der Waals surface area contributed by atoms with Gasteiger partial charge in [0.05, 0.1) is 5.69 Å². The minimum absolute atomic E-state index is 0. The molecule has 0 radical (unpaired) electrons. The topological polar surface area (TPSA) is 70.2 Å². The highest BCUT2D eigenvalue weighted by Gasteiger charge is 2.01. The summed E-state index contributed by atoms with van der Waals surface area (Å²) in [7, 11) is 0. The summed E-state index contributed by atoms with van der Waals surface area (Å²) in [5.41, 5.74) is 7.60. The van der Waals surface area contributed by atoms with Gasteiger partial charge in [-0.25, -0.2) is 0 Å². The smallest absolute Gasteiger partial charge is 0.142 e. The van der Waals surface area contributed by atoms with Crippen LogP contribution in [0.15, 0.2) is 53.0 Å². The van der Waals surface area contributed by atoms with Crippen LogP contribution in [0.3, 0.4) is 0 Å². The SMILES string of the molecule is N.Nc1cc(Br)ccc1OCc1ccccc1. The summed E-state index contributed by atoms with van der Waals surface area (Å²) in [4.78, 5) is 0. The first-order valence-electron chi connectivity index (χ1n) is 4.97. The summed E-state index contributed by atoms with van der Waals surface area (Å²) in [6.07, 6.45) is 0. The molecule has 0 aliphatic carbocycles. The second-order valence-corrected chi connectivity index (χ2v) is 4.37. The Balaban J connectivity index is 0.00000144. The highest BCUT2D eigenvalue weighted by atomic mass is 79.9. The fourth-order valence-corrected chi connectivity index (χ4v) is 1.76. The van der Waals surface area contributed by atoms with Crippen molar-refractivity contribution in [2.45, 2.75) is 6.61 Å². The second kappa shape index (κ2) is 6.27. The van der Waals surface area contributed by atoms with Crippen molar-refractivity contribution in [3.63, 3.8) is 0 Å². The molecule has 3 nitrogen and oxygen atoms in total. The number of benzene rings is 2. The van der Waals surface area contributed by atoms with Crippen molar-refractivity contribution >= 4 is 21.6 Å². The third-order valence-electron chi connectivity index (χ3n) is 2.21. The largest absolute Gasteiger partial charge is 0.487 e. The lowest BCUT2D eigenvalue weighted by Crippen LogP contribution is -1.98. The van der Waals surface area contributed by atoms with Gasteiger partial charge in [-0.15, -0.1) is 0 Å². The first-order valence-corrected chi connectivity index (χ1v) is 5.77. The van der Waals surface area contributed by atoms with Crippen LogP contribution >= 0.6 is 15.9 Å². The molecule has 0 spiro atoms. The summed E-state index contributed by atoms with van der Waals surface area (Å²) < 4.78 is 6.59. The predicted octanol–water partition coefficient (Wildman–Crippen LogP) is 3.77. The Morgan fingerprint density at radius 2 is 1.76 bits per heavy atom. The van der Waals surface area contributed by atoms with E-state index in [1.165, 1.54) is 0 Å². The van der Waals surface area contributed by atoms with Crippen LogP contribution in [0.25, 0.3) is 0 Å². The van der Waals surface area contributed by atoms with Crippen LogP contribution in [-0.2, 0) is 6.61 Å². The molecule has 0 aliphatic heterocycles. The highest BCUT2D eigenvalue weighted by molar-refractivity contribution is 9.10. The van der Waals surface area contributed by atoms with Crippen molar-refractivity contribution in [3.8, 4) is 5.75 Å². The van der Waals surface area contributed by atoms with Crippen molar-refractivity contribution in [2.75, 3.05) is 5.73 Å². The molecule has 2 aromatic carbocycles. The van der Waals surface area contributed by atoms with Crippen molar-refractivity contribution in [1.82, 2.24) is 6.15 Å². The lowest BCUT2D eigenvalue weighted by atomic mass is 10.2. The minimum Gasteiger partial charge on any atom is -0.487 e. The van der Waals surface area contributed by atoms with Gasteiger partial charge in [0.15, 0.2) is 0 Å². The maximum Gasteiger partial charge on any atom is 0.142 e. The average Bonchev–Trinajstić information content (AvgIpc) is 2.29. The lowest BCUT2D eigenvalue weighted by Gasteiger charge is -2.08. The maximum absolute atomic E-state index is 5.83. The number of rotatable bonds is 3. The molecule has 90 valence electrons. The van der Waals surface area contributed by atoms with E-state index in [9.17, 15) is 0 Å². The van der Waals surface area contributed by atoms with Crippen LogP contribution in [0.2, 0.25) is 0 Å². The van der Waals surface area contributed by atoms with Gasteiger partial charge < -0.3 is 16.6 Å². The molecule has 0 bridgehead atoms. The van der Waals surface area contributed by atoms with Gasteiger partial charge in [-0.2, -0.15) is 0 Å². The number of hydrogen-bond acceptors (Lipinski definition) is 3. The molecule has 0 saturated heterocycles. The number of halogens is 1. The fourth-order valence-electron chi connectivity index (χ4n) is 1.39. The Kier molecular flexibility index (Phi) is 5.00. The molecule has 2 aromatic rings. The normalized spacial score (nSPS) is 9.47. The highest BCUT2D eigenvalue weighted by Crippen LogP contribution is 2.25. The Labute approximate surface area is 109 Å². The third kappa shape index (κ3) is 3.76. The molecule has 17 heavy (non-hydrogen) atoms. The number of anilines is 1. The summed E-state index contributed by atoms with van der Waals surface area (Å²) in [5.74, 6) is 0.715. The molecule has 0 aromatic heterocycles. The summed E-state index contributed by atoms with van der Waals surface area (Å²) in [6, 6.07) is 15.6. The molecule has 2 rings (SSSR count). The third-order valence-corrected chi connectivity index (χ3v) is 2.70. The fraction of sp³-hybridized carbons (Fsp3) is 0.0769. The van der Waals surface area contributed by atoms with Crippen LogP contribution in [-0.4, -0.2) is 0 Å². The number of hydrogen-bond donors (Lipinski definition) is 2. The van der Waals surface area contributed by atoms with Crippen LogP contribution in [0.1, 0.15) is 5.56 Å². The molecule has 0 amide bonds. The van der Waals surface area contributed by atoms with Gasteiger partial charge in [-0.3, -0.25) is 0 Å². The quantitative estimate of drug-likeness (QED) is 0.847. The summed E-state index contributed by atoms with van der Waals surface area (Å²) >= 11 is 3.36. The number of nitrogens with two attached hydrogens (primary N) is 1. The summed E-state index contributed by atoms with van der Waals surface area (Å²) in [5, 5.41) is 0. The van der Waals surface area contributed by atoms with Crippen molar-refractivity contribution < 1.29 is 4.74 Å². The lowest BCUT2D eigenvalue weighted by molar-refractivity contribution is 0.308. The van der Waals surface area contributed by atoms with Crippen LogP contribution < -0.4 is 16.6 Å². The van der Waals surface area contributed by atoms with Gasteiger partial charge in [-0.05, 0) is 23.8 Å². The Bertz CT molecular complexity index is 474. The van der Waals surface area contributed by atoms with E-state index in [-0.39, 0.29) is 6.15 Å². The van der Waals surface area contributed by atoms with E-state index in [4.69, 9.17) is 10.5 Å². The van der Waals surface area contributed by atoms with Crippen molar-refractivity contribution in [1.29, 1.82) is 0 Å². The molecule has 0 saturated carbocycles. The van der Waals surface area contributed by atoms with E-state index in [1.54, 1.807) is 0 Å².